The Morgan fingerprint density at radius 2 is 0.695 bits per heavy atom. The summed E-state index contributed by atoms with van der Waals surface area (Å²) in [6.07, 6.45) is 85.4. The number of nitrogens with zero attached hydrogens (tertiary/aromatic N) is 1. The number of phosphoric acid groups is 1. The Kier molecular flexibility index (Phi) is 60.6. The van der Waals surface area contributed by atoms with Gasteiger partial charge >= 0.3 is 19.8 Å². The van der Waals surface area contributed by atoms with E-state index in [0.717, 1.165) is 70.6 Å². The van der Waals surface area contributed by atoms with Crippen molar-refractivity contribution in [3.05, 3.63) is 85.1 Å². The van der Waals surface area contributed by atoms with Gasteiger partial charge in [-0.3, -0.25) is 18.6 Å². The third-order valence-electron chi connectivity index (χ3n) is 14.9. The molecule has 2 unspecified atom stereocenters. The van der Waals surface area contributed by atoms with Crippen LogP contribution in [0.15, 0.2) is 85.1 Å². The SMILES string of the molecule is CC/C=C\C/C=C\C/C=C\C/C=C\C/C=C\C/C=C\CCCCCCCCCCCCCCCCCCCCCCC(=O)OC(COC(=O)CCCCCCCCCCC/C=C\CCCCCCCC)COP(=O)(O)OCC[N+](C)(C)C. The van der Waals surface area contributed by atoms with Gasteiger partial charge in [0.05, 0.1) is 27.7 Å². The molecule has 476 valence electrons. The van der Waals surface area contributed by atoms with E-state index < -0.39 is 26.5 Å². The highest BCUT2D eigenvalue weighted by molar-refractivity contribution is 7.47. The highest BCUT2D eigenvalue weighted by Gasteiger charge is 2.27. The van der Waals surface area contributed by atoms with Crippen molar-refractivity contribution in [2.24, 2.45) is 0 Å². The van der Waals surface area contributed by atoms with Crippen molar-refractivity contribution in [1.82, 2.24) is 0 Å². The molecule has 0 fully saturated rings. The number of carbonyl (C=O) groups excluding carboxylic acids is 2. The highest BCUT2D eigenvalue weighted by Crippen LogP contribution is 2.43. The number of allylic oxidation sites excluding steroid dienone is 14. The minimum absolute atomic E-state index is 0.0313. The van der Waals surface area contributed by atoms with Gasteiger partial charge < -0.3 is 18.9 Å². The molecule has 0 bridgehead atoms. The van der Waals surface area contributed by atoms with Gasteiger partial charge in [-0.25, -0.2) is 4.57 Å². The van der Waals surface area contributed by atoms with Crippen molar-refractivity contribution in [3.63, 3.8) is 0 Å². The summed E-state index contributed by atoms with van der Waals surface area (Å²) in [6, 6.07) is 0. The summed E-state index contributed by atoms with van der Waals surface area (Å²) in [5.41, 5.74) is 0. The molecule has 0 aliphatic carbocycles. The van der Waals surface area contributed by atoms with Crippen LogP contribution < -0.4 is 0 Å². The molecule has 0 heterocycles. The van der Waals surface area contributed by atoms with Crippen LogP contribution in [0.1, 0.15) is 309 Å². The maximum atomic E-state index is 12.9. The number of hydrogen-bond acceptors (Lipinski definition) is 7. The number of rotatable bonds is 63. The Bertz CT molecular complexity index is 1660. The lowest BCUT2D eigenvalue weighted by Crippen LogP contribution is -2.37. The van der Waals surface area contributed by atoms with Crippen LogP contribution in [0.3, 0.4) is 0 Å². The molecule has 0 saturated heterocycles. The molecule has 0 saturated carbocycles. The van der Waals surface area contributed by atoms with Crippen LogP contribution >= 0.6 is 7.82 Å². The number of unbranched alkanes of at least 4 members (excludes halogenated alkanes) is 35. The average molecular weight is 1170 g/mol. The third-order valence-corrected chi connectivity index (χ3v) is 15.9. The number of ether oxygens (including phenoxy) is 2. The van der Waals surface area contributed by atoms with Crippen molar-refractivity contribution in [3.8, 4) is 0 Å². The van der Waals surface area contributed by atoms with Crippen molar-refractivity contribution in [1.29, 1.82) is 0 Å². The van der Waals surface area contributed by atoms with E-state index in [1.54, 1.807) is 0 Å². The molecule has 0 aliphatic heterocycles. The fourth-order valence-corrected chi connectivity index (χ4v) is 10.4. The monoisotopic (exact) mass is 1170 g/mol. The van der Waals surface area contributed by atoms with E-state index in [0.29, 0.717) is 17.4 Å². The van der Waals surface area contributed by atoms with Gasteiger partial charge in [0.25, 0.3) is 0 Å². The molecular formula is C72H131NO8P+. The van der Waals surface area contributed by atoms with Crippen LogP contribution in [-0.2, 0) is 32.7 Å². The first-order chi connectivity index (χ1) is 40.0. The summed E-state index contributed by atoms with van der Waals surface area (Å²) in [5, 5.41) is 0. The summed E-state index contributed by atoms with van der Waals surface area (Å²) in [6.45, 7) is 4.35. The molecule has 0 aromatic heterocycles. The molecule has 10 heteroatoms. The van der Waals surface area contributed by atoms with E-state index in [1.165, 1.54) is 205 Å². The number of carbonyl (C=O) groups is 2. The number of hydrogen-bond donors (Lipinski definition) is 1. The van der Waals surface area contributed by atoms with Gasteiger partial charge in [-0.05, 0) is 89.9 Å². The number of esters is 2. The van der Waals surface area contributed by atoms with Crippen molar-refractivity contribution >= 4 is 19.8 Å². The Balaban J connectivity index is 3.97. The lowest BCUT2D eigenvalue weighted by Gasteiger charge is -2.24. The molecule has 0 aromatic rings. The van der Waals surface area contributed by atoms with Crippen molar-refractivity contribution in [2.45, 2.75) is 315 Å². The summed E-state index contributed by atoms with van der Waals surface area (Å²) in [5.74, 6) is -0.788. The van der Waals surface area contributed by atoms with Gasteiger partial charge in [0.15, 0.2) is 6.10 Å². The molecule has 2 atom stereocenters. The van der Waals surface area contributed by atoms with E-state index in [2.05, 4.69) is 98.9 Å². The predicted molar refractivity (Wildman–Crippen MR) is 353 cm³/mol. The minimum atomic E-state index is -4.39. The van der Waals surface area contributed by atoms with Crippen LogP contribution in [-0.4, -0.2) is 74.9 Å². The zero-order valence-electron chi connectivity index (χ0n) is 54.2. The second kappa shape index (κ2) is 62.7. The predicted octanol–water partition coefficient (Wildman–Crippen LogP) is 22.2. The minimum Gasteiger partial charge on any atom is -0.462 e. The molecule has 0 spiro atoms. The first-order valence-electron chi connectivity index (χ1n) is 34.3. The molecular weight excluding hydrogens is 1040 g/mol. The number of likely N-dealkylation sites (N-methyl/N-ethyl adjacent to an activating group) is 1. The zero-order chi connectivity index (χ0) is 59.8. The molecule has 82 heavy (non-hydrogen) atoms. The Morgan fingerprint density at radius 3 is 1.05 bits per heavy atom. The number of phosphoric ester groups is 1. The molecule has 0 radical (unpaired) electrons. The van der Waals surface area contributed by atoms with Crippen LogP contribution in [0.5, 0.6) is 0 Å². The second-order valence-electron chi connectivity index (χ2n) is 24.2. The molecule has 0 aliphatic rings. The van der Waals surface area contributed by atoms with Gasteiger partial charge in [0.1, 0.15) is 19.8 Å². The van der Waals surface area contributed by atoms with E-state index >= 15 is 0 Å². The van der Waals surface area contributed by atoms with Gasteiger partial charge in [-0.2, -0.15) is 0 Å². The quantitative estimate of drug-likeness (QED) is 0.0211. The average Bonchev–Trinajstić information content (AvgIpc) is 3.46. The lowest BCUT2D eigenvalue weighted by molar-refractivity contribution is -0.870. The van der Waals surface area contributed by atoms with Crippen LogP contribution in [0.25, 0.3) is 0 Å². The second-order valence-corrected chi connectivity index (χ2v) is 25.6. The molecule has 0 rings (SSSR count). The molecule has 0 amide bonds. The standard InChI is InChI=1S/C72H130NO8P/c1-6-8-10-12-14-16-18-20-22-24-26-27-28-29-30-31-32-33-34-35-36-37-38-39-40-41-42-43-44-45-47-49-51-53-55-57-59-61-63-65-72(75)81-70(69-80-82(76,77)79-67-66-73(3,4)5)68-78-71(74)64-62-60-58-56-54-52-50-48-46-25-23-21-19-17-15-13-11-9-7-2/h8,10,14,16,20-23,26-27,29-30,32-33,70H,6-7,9,11-13,15,17-19,24-25,28,31,34-69H2,1-5H3/p+1/b10-8-,16-14-,22-20-,23-21-,27-26-,30-29-,33-32-. The first-order valence-corrected chi connectivity index (χ1v) is 35.8. The fraction of sp³-hybridized carbons (Fsp3) is 0.778. The van der Waals surface area contributed by atoms with E-state index in [-0.39, 0.29) is 32.0 Å². The van der Waals surface area contributed by atoms with E-state index in [9.17, 15) is 19.0 Å². The van der Waals surface area contributed by atoms with Crippen molar-refractivity contribution < 1.29 is 42.1 Å². The third kappa shape index (κ3) is 66.3. The molecule has 0 aromatic carbocycles. The lowest BCUT2D eigenvalue weighted by atomic mass is 10.0. The summed E-state index contributed by atoms with van der Waals surface area (Å²) >= 11 is 0. The maximum absolute atomic E-state index is 12.9. The fourth-order valence-electron chi connectivity index (χ4n) is 9.66. The van der Waals surface area contributed by atoms with Crippen LogP contribution in [0.4, 0.5) is 0 Å². The Morgan fingerprint density at radius 1 is 0.390 bits per heavy atom. The normalized spacial score (nSPS) is 13.7. The first kappa shape index (κ1) is 79.2. The highest BCUT2D eigenvalue weighted by atomic mass is 31.2. The van der Waals surface area contributed by atoms with E-state index in [1.807, 2.05) is 21.1 Å². The largest absolute Gasteiger partial charge is 0.472 e. The molecule has 1 N–H and O–H groups in total. The van der Waals surface area contributed by atoms with E-state index in [4.69, 9.17) is 18.5 Å². The van der Waals surface area contributed by atoms with Gasteiger partial charge in [0, 0.05) is 12.8 Å². The topological polar surface area (TPSA) is 108 Å². The van der Waals surface area contributed by atoms with Gasteiger partial charge in [-0.15, -0.1) is 0 Å². The molecule has 9 nitrogen and oxygen atoms in total. The Hall–Kier alpha value is -2.81. The van der Waals surface area contributed by atoms with Gasteiger partial charge in [-0.1, -0.05) is 292 Å². The summed E-state index contributed by atoms with van der Waals surface area (Å²) in [4.78, 5) is 35.8. The summed E-state index contributed by atoms with van der Waals surface area (Å²) in [7, 11) is 1.48. The Labute approximate surface area is 507 Å². The maximum Gasteiger partial charge on any atom is 0.472 e. The zero-order valence-corrected chi connectivity index (χ0v) is 55.1. The number of quaternary nitrogens is 1. The van der Waals surface area contributed by atoms with Crippen LogP contribution in [0, 0.1) is 0 Å². The van der Waals surface area contributed by atoms with Gasteiger partial charge in [0.2, 0.25) is 0 Å². The summed E-state index contributed by atoms with van der Waals surface area (Å²) < 4.78 is 34.7. The van der Waals surface area contributed by atoms with Crippen molar-refractivity contribution in [2.75, 3.05) is 47.5 Å². The smallest absolute Gasteiger partial charge is 0.462 e. The van der Waals surface area contributed by atoms with Crippen LogP contribution in [0.2, 0.25) is 0 Å².